The summed E-state index contributed by atoms with van der Waals surface area (Å²) in [5, 5.41) is 19.7. The van der Waals surface area contributed by atoms with Gasteiger partial charge in [0, 0.05) is 6.07 Å². The van der Waals surface area contributed by atoms with Crippen LogP contribution >= 0.6 is 0 Å². The Bertz CT molecular complexity index is 469. The minimum atomic E-state index is -1.40. The zero-order valence-electron chi connectivity index (χ0n) is 9.12. The highest BCUT2D eigenvalue weighted by Gasteiger charge is 2.25. The second kappa shape index (κ2) is 5.11. The summed E-state index contributed by atoms with van der Waals surface area (Å²) in [5.74, 6) is -1.44. The van der Waals surface area contributed by atoms with Crippen LogP contribution in [0.2, 0.25) is 0 Å². The fraction of sp³-hybridized carbons (Fsp3) is 0.182. The van der Waals surface area contributed by atoms with Crippen LogP contribution in [-0.4, -0.2) is 22.1 Å². The Hall–Kier alpha value is -2.37. The number of hydrogen-bond donors (Lipinski definition) is 1. The fourth-order valence-corrected chi connectivity index (χ4v) is 1.23. The molecule has 0 saturated heterocycles. The van der Waals surface area contributed by atoms with Gasteiger partial charge in [-0.2, -0.15) is 0 Å². The lowest BCUT2D eigenvalue weighted by molar-refractivity contribution is -0.385. The Kier molecular flexibility index (Phi) is 3.82. The van der Waals surface area contributed by atoms with Gasteiger partial charge >= 0.3 is 5.97 Å². The molecule has 0 aliphatic carbocycles. The van der Waals surface area contributed by atoms with E-state index >= 15 is 0 Å². The highest BCUT2D eigenvalue weighted by molar-refractivity contribution is 5.95. The standard InChI is InChI=1S/C11H11NO5/c1-3-7(2)17-9-6-4-5-8(12(15)16)10(9)11(13)14/h3-7H,1H2,2H3,(H,13,14). The summed E-state index contributed by atoms with van der Waals surface area (Å²) in [6.07, 6.45) is 1.03. The lowest BCUT2D eigenvalue weighted by atomic mass is 10.1. The third kappa shape index (κ3) is 2.81. The molecule has 1 aromatic carbocycles. The fourth-order valence-electron chi connectivity index (χ4n) is 1.23. The van der Waals surface area contributed by atoms with Crippen molar-refractivity contribution in [1.82, 2.24) is 0 Å². The molecule has 17 heavy (non-hydrogen) atoms. The summed E-state index contributed by atoms with van der Waals surface area (Å²) in [6, 6.07) is 3.86. The van der Waals surface area contributed by atoms with Crippen LogP contribution in [0.3, 0.4) is 0 Å². The quantitative estimate of drug-likeness (QED) is 0.482. The predicted molar refractivity (Wildman–Crippen MR) is 60.3 cm³/mol. The van der Waals surface area contributed by atoms with Gasteiger partial charge in [0.1, 0.15) is 11.9 Å². The number of carbonyl (C=O) groups is 1. The molecule has 0 saturated carbocycles. The van der Waals surface area contributed by atoms with Crippen LogP contribution in [-0.2, 0) is 0 Å². The maximum absolute atomic E-state index is 11.0. The van der Waals surface area contributed by atoms with Gasteiger partial charge in [-0.3, -0.25) is 10.1 Å². The van der Waals surface area contributed by atoms with Crippen molar-refractivity contribution in [2.45, 2.75) is 13.0 Å². The lowest BCUT2D eigenvalue weighted by Gasteiger charge is -2.12. The van der Waals surface area contributed by atoms with Crippen LogP contribution in [0.4, 0.5) is 5.69 Å². The van der Waals surface area contributed by atoms with Gasteiger partial charge in [0.2, 0.25) is 0 Å². The molecule has 0 radical (unpaired) electrons. The average Bonchev–Trinajstić information content (AvgIpc) is 2.28. The van der Waals surface area contributed by atoms with Crippen molar-refractivity contribution >= 4 is 11.7 Å². The molecule has 90 valence electrons. The van der Waals surface area contributed by atoms with E-state index in [1.54, 1.807) is 6.92 Å². The van der Waals surface area contributed by atoms with E-state index in [0.717, 1.165) is 6.07 Å². The van der Waals surface area contributed by atoms with Crippen molar-refractivity contribution in [3.8, 4) is 5.75 Å². The van der Waals surface area contributed by atoms with Crippen LogP contribution < -0.4 is 4.74 Å². The molecular formula is C11H11NO5. The van der Waals surface area contributed by atoms with Crippen molar-refractivity contribution < 1.29 is 19.6 Å². The smallest absolute Gasteiger partial charge is 0.346 e. The third-order valence-electron chi connectivity index (χ3n) is 2.06. The first kappa shape index (κ1) is 12.7. The molecule has 1 atom stereocenters. The maximum Gasteiger partial charge on any atom is 0.346 e. The number of hydrogen-bond acceptors (Lipinski definition) is 4. The molecule has 1 aromatic rings. The topological polar surface area (TPSA) is 89.7 Å². The van der Waals surface area contributed by atoms with E-state index in [9.17, 15) is 14.9 Å². The minimum absolute atomic E-state index is 0.0425. The molecule has 0 aliphatic rings. The maximum atomic E-state index is 11.0. The van der Waals surface area contributed by atoms with E-state index in [0.29, 0.717) is 0 Å². The number of carboxylic acid groups (broad SMARTS) is 1. The zero-order chi connectivity index (χ0) is 13.0. The van der Waals surface area contributed by atoms with Gasteiger partial charge in [-0.05, 0) is 13.0 Å². The Labute approximate surface area is 97.3 Å². The Balaban J connectivity index is 3.29. The number of nitro benzene ring substituents is 1. The molecule has 0 bridgehead atoms. The summed E-state index contributed by atoms with van der Waals surface area (Å²) in [7, 11) is 0. The molecule has 6 heteroatoms. The molecule has 1 unspecified atom stereocenters. The largest absolute Gasteiger partial charge is 0.485 e. The zero-order valence-corrected chi connectivity index (χ0v) is 9.12. The van der Waals surface area contributed by atoms with E-state index in [-0.39, 0.29) is 5.75 Å². The van der Waals surface area contributed by atoms with Crippen molar-refractivity contribution in [1.29, 1.82) is 0 Å². The molecule has 0 aromatic heterocycles. The number of carboxylic acids is 1. The highest BCUT2D eigenvalue weighted by atomic mass is 16.6. The molecule has 1 rings (SSSR count). The number of rotatable bonds is 5. The molecule has 0 heterocycles. The van der Waals surface area contributed by atoms with E-state index < -0.39 is 28.2 Å². The summed E-state index contributed by atoms with van der Waals surface area (Å²) in [5.41, 5.74) is -0.947. The van der Waals surface area contributed by atoms with Gasteiger partial charge in [0.25, 0.3) is 5.69 Å². The Morgan fingerprint density at radius 1 is 1.65 bits per heavy atom. The van der Waals surface area contributed by atoms with Gasteiger partial charge in [-0.15, -0.1) is 0 Å². The van der Waals surface area contributed by atoms with Crippen molar-refractivity contribution in [3.63, 3.8) is 0 Å². The monoisotopic (exact) mass is 237 g/mol. The van der Waals surface area contributed by atoms with E-state index in [4.69, 9.17) is 9.84 Å². The number of benzene rings is 1. The van der Waals surface area contributed by atoms with Crippen LogP contribution in [0, 0.1) is 10.1 Å². The van der Waals surface area contributed by atoms with Gasteiger partial charge in [0.15, 0.2) is 5.56 Å². The highest BCUT2D eigenvalue weighted by Crippen LogP contribution is 2.29. The second-order valence-electron chi connectivity index (χ2n) is 3.27. The Morgan fingerprint density at radius 3 is 2.76 bits per heavy atom. The van der Waals surface area contributed by atoms with Gasteiger partial charge in [-0.1, -0.05) is 18.7 Å². The number of nitro groups is 1. The molecular weight excluding hydrogens is 226 g/mol. The van der Waals surface area contributed by atoms with Crippen LogP contribution in [0.5, 0.6) is 5.75 Å². The molecule has 0 aliphatic heterocycles. The molecule has 6 nitrogen and oxygen atoms in total. The second-order valence-corrected chi connectivity index (χ2v) is 3.27. The van der Waals surface area contributed by atoms with Gasteiger partial charge in [-0.25, -0.2) is 4.79 Å². The van der Waals surface area contributed by atoms with Crippen LogP contribution in [0.15, 0.2) is 30.9 Å². The Morgan fingerprint density at radius 2 is 2.29 bits per heavy atom. The van der Waals surface area contributed by atoms with E-state index in [1.165, 1.54) is 18.2 Å². The molecule has 0 amide bonds. The SMILES string of the molecule is C=CC(C)Oc1cccc([N+](=O)[O-])c1C(=O)O. The molecule has 1 N–H and O–H groups in total. The first-order valence-corrected chi connectivity index (χ1v) is 4.77. The van der Waals surface area contributed by atoms with Crippen molar-refractivity contribution in [2.75, 3.05) is 0 Å². The first-order chi connectivity index (χ1) is 7.97. The van der Waals surface area contributed by atoms with E-state index in [1.807, 2.05) is 0 Å². The number of ether oxygens (including phenoxy) is 1. The summed E-state index contributed by atoms with van der Waals surface area (Å²) in [4.78, 5) is 21.0. The van der Waals surface area contributed by atoms with Crippen LogP contribution in [0.25, 0.3) is 0 Å². The molecule has 0 spiro atoms. The van der Waals surface area contributed by atoms with Crippen molar-refractivity contribution in [3.05, 3.63) is 46.5 Å². The third-order valence-corrected chi connectivity index (χ3v) is 2.06. The van der Waals surface area contributed by atoms with Gasteiger partial charge in [0.05, 0.1) is 4.92 Å². The normalized spacial score (nSPS) is 11.6. The number of nitrogens with zero attached hydrogens (tertiary/aromatic N) is 1. The lowest BCUT2D eigenvalue weighted by Crippen LogP contribution is -2.12. The van der Waals surface area contributed by atoms with Crippen molar-refractivity contribution in [2.24, 2.45) is 0 Å². The van der Waals surface area contributed by atoms with Gasteiger partial charge < -0.3 is 9.84 Å². The minimum Gasteiger partial charge on any atom is -0.485 e. The van der Waals surface area contributed by atoms with E-state index in [2.05, 4.69) is 6.58 Å². The summed E-state index contributed by atoms with van der Waals surface area (Å²) < 4.78 is 5.24. The summed E-state index contributed by atoms with van der Waals surface area (Å²) in [6.45, 7) is 5.13. The summed E-state index contributed by atoms with van der Waals surface area (Å²) >= 11 is 0. The molecule has 0 fully saturated rings. The average molecular weight is 237 g/mol. The van der Waals surface area contributed by atoms with Crippen LogP contribution in [0.1, 0.15) is 17.3 Å². The number of aromatic carboxylic acids is 1. The first-order valence-electron chi connectivity index (χ1n) is 4.77. The predicted octanol–water partition coefficient (Wildman–Crippen LogP) is 2.25.